The van der Waals surface area contributed by atoms with Crippen LogP contribution in [0.3, 0.4) is 0 Å². The largest absolute Gasteiger partial charge is 0.467 e. The lowest BCUT2D eigenvalue weighted by atomic mass is 9.88. The average molecular weight is 380 g/mol. The van der Waals surface area contributed by atoms with Crippen LogP contribution in [0.5, 0.6) is 0 Å². The Hall–Kier alpha value is -2.44. The Labute approximate surface area is 161 Å². The number of esters is 1. The number of methoxy groups -OCH3 is 1. The van der Waals surface area contributed by atoms with E-state index in [1.54, 1.807) is 19.1 Å². The van der Waals surface area contributed by atoms with Crippen LogP contribution >= 0.6 is 0 Å². The van der Waals surface area contributed by atoms with E-state index in [4.69, 9.17) is 4.74 Å². The molecule has 152 valence electrons. The number of amides is 1. The predicted molar refractivity (Wildman–Crippen MR) is 106 cm³/mol. The molecule has 0 atom stereocenters. The molecule has 0 spiro atoms. The predicted octanol–water partition coefficient (Wildman–Crippen LogP) is 4.03. The molecule has 7 heteroatoms. The smallest absolute Gasteiger partial charge is 0.331 e. The van der Waals surface area contributed by atoms with Crippen LogP contribution in [0.1, 0.15) is 60.3 Å². The molecule has 0 radical (unpaired) electrons. The molecule has 0 aromatic rings. The third-order valence-electron chi connectivity index (χ3n) is 4.61. The summed E-state index contributed by atoms with van der Waals surface area (Å²) in [6, 6.07) is -0.0878. The molecule has 27 heavy (non-hydrogen) atoms. The van der Waals surface area contributed by atoms with E-state index in [-0.39, 0.29) is 11.6 Å². The van der Waals surface area contributed by atoms with Crippen LogP contribution in [0, 0.1) is 10.1 Å². The highest BCUT2D eigenvalue weighted by molar-refractivity contribution is 6.01. The molecule has 0 aromatic heterocycles. The number of hydrogen-bond donors (Lipinski definition) is 0. The lowest BCUT2D eigenvalue weighted by molar-refractivity contribution is -0.419. The minimum absolute atomic E-state index is 0.0878. The van der Waals surface area contributed by atoms with Gasteiger partial charge in [0, 0.05) is 6.04 Å². The zero-order valence-corrected chi connectivity index (χ0v) is 17.3. The number of fused-ring (bicyclic) bond motifs is 2. The molecule has 2 aliphatic heterocycles. The van der Waals surface area contributed by atoms with E-state index in [9.17, 15) is 19.7 Å². The first-order valence-corrected chi connectivity index (χ1v) is 9.47. The van der Waals surface area contributed by atoms with Gasteiger partial charge in [-0.3, -0.25) is 14.9 Å². The minimum atomic E-state index is -0.998. The standard InChI is InChI=1S/C16H20N2O5.2C2H6/c1-4-5-6-13(11(2)18(21)22)14(19)17-12-7-9-16(17,10-8-12)15(20)23-3;2*1-2/h4-6,12H,2,7-10H2,1,3H3;2*1-2H3/b5-4-,13-6+;;. The van der Waals surface area contributed by atoms with Crippen LogP contribution in [0.25, 0.3) is 0 Å². The van der Waals surface area contributed by atoms with E-state index < -0.39 is 28.0 Å². The van der Waals surface area contributed by atoms with Gasteiger partial charge in [-0.15, -0.1) is 0 Å². The normalized spacial score (nSPS) is 23.1. The summed E-state index contributed by atoms with van der Waals surface area (Å²) in [7, 11) is 1.29. The maximum atomic E-state index is 12.9. The quantitative estimate of drug-likeness (QED) is 0.236. The lowest BCUT2D eigenvalue weighted by Crippen LogP contribution is -2.52. The molecule has 0 unspecified atom stereocenters. The summed E-state index contributed by atoms with van der Waals surface area (Å²) in [4.78, 5) is 37.0. The molecule has 7 nitrogen and oxygen atoms in total. The second-order valence-corrected chi connectivity index (χ2v) is 5.74. The van der Waals surface area contributed by atoms with Crippen molar-refractivity contribution >= 4 is 11.9 Å². The fraction of sp³-hybridized carbons (Fsp3) is 0.600. The maximum Gasteiger partial charge on any atom is 0.331 e. The molecular weight excluding hydrogens is 348 g/mol. The van der Waals surface area contributed by atoms with Crippen LogP contribution in [-0.2, 0) is 14.3 Å². The molecule has 2 saturated heterocycles. The number of carbonyl (C=O) groups is 2. The number of allylic oxidation sites excluding steroid dienone is 3. The van der Waals surface area contributed by atoms with Gasteiger partial charge in [0.15, 0.2) is 0 Å². The molecule has 2 rings (SSSR count). The highest BCUT2D eigenvalue weighted by Gasteiger charge is 2.59. The second-order valence-electron chi connectivity index (χ2n) is 5.74. The number of carbonyl (C=O) groups excluding carboxylic acids is 2. The minimum Gasteiger partial charge on any atom is -0.467 e. The molecule has 0 saturated carbocycles. The van der Waals surface area contributed by atoms with Crippen molar-refractivity contribution in [3.63, 3.8) is 0 Å². The first-order chi connectivity index (χ1) is 12.9. The summed E-state index contributed by atoms with van der Waals surface area (Å²) in [5.74, 6) is -0.988. The van der Waals surface area contributed by atoms with Crippen LogP contribution in [0.4, 0.5) is 0 Å². The topological polar surface area (TPSA) is 89.8 Å². The number of nitrogens with zero attached hydrogens (tertiary/aromatic N) is 2. The molecular formula is C20H32N2O5. The van der Waals surface area contributed by atoms with Gasteiger partial charge in [0.1, 0.15) is 11.1 Å². The number of ether oxygens (including phenoxy) is 1. The third kappa shape index (κ3) is 4.84. The van der Waals surface area contributed by atoms with Gasteiger partial charge in [-0.05, 0) is 45.3 Å². The van der Waals surface area contributed by atoms with E-state index in [0.29, 0.717) is 25.7 Å². The fourth-order valence-electron chi connectivity index (χ4n) is 3.49. The number of hydrogen-bond acceptors (Lipinski definition) is 5. The van der Waals surface area contributed by atoms with Gasteiger partial charge >= 0.3 is 5.97 Å². The van der Waals surface area contributed by atoms with Crippen molar-refractivity contribution < 1.29 is 19.2 Å². The third-order valence-corrected chi connectivity index (χ3v) is 4.61. The van der Waals surface area contributed by atoms with Crippen molar-refractivity contribution in [2.75, 3.05) is 7.11 Å². The summed E-state index contributed by atoms with van der Waals surface area (Å²) >= 11 is 0. The van der Waals surface area contributed by atoms with Crippen LogP contribution in [0.2, 0.25) is 0 Å². The summed E-state index contributed by atoms with van der Waals surface area (Å²) < 4.78 is 4.88. The van der Waals surface area contributed by atoms with E-state index >= 15 is 0 Å². The summed E-state index contributed by atoms with van der Waals surface area (Å²) in [5.41, 5.74) is -1.57. The van der Waals surface area contributed by atoms with Crippen LogP contribution in [0.15, 0.2) is 36.1 Å². The lowest BCUT2D eigenvalue weighted by Gasteiger charge is -2.32. The van der Waals surface area contributed by atoms with Gasteiger partial charge in [-0.1, -0.05) is 39.8 Å². The van der Waals surface area contributed by atoms with E-state index in [1.165, 1.54) is 18.1 Å². The highest BCUT2D eigenvalue weighted by atomic mass is 16.6. The van der Waals surface area contributed by atoms with Gasteiger partial charge in [-0.25, -0.2) is 4.79 Å². The van der Waals surface area contributed by atoms with Crippen molar-refractivity contribution in [1.82, 2.24) is 4.90 Å². The van der Waals surface area contributed by atoms with Crippen LogP contribution < -0.4 is 0 Å². The van der Waals surface area contributed by atoms with Gasteiger partial charge in [0.05, 0.1) is 12.0 Å². The molecule has 0 aromatic carbocycles. The summed E-state index contributed by atoms with van der Waals surface area (Å²) in [6.07, 6.45) is 7.03. The van der Waals surface area contributed by atoms with Crippen molar-refractivity contribution in [1.29, 1.82) is 0 Å². The Balaban J connectivity index is 0.00000158. The summed E-state index contributed by atoms with van der Waals surface area (Å²) in [6.45, 7) is 13.1. The summed E-state index contributed by atoms with van der Waals surface area (Å²) in [5, 5.41) is 11.1. The molecule has 2 heterocycles. The average Bonchev–Trinajstić information content (AvgIpc) is 3.27. The molecule has 0 N–H and O–H groups in total. The maximum absolute atomic E-state index is 12.9. The second kappa shape index (κ2) is 11.3. The van der Waals surface area contributed by atoms with Crippen molar-refractivity contribution in [2.24, 2.45) is 0 Å². The Morgan fingerprint density at radius 2 is 1.74 bits per heavy atom. The first-order valence-electron chi connectivity index (χ1n) is 9.47. The molecule has 1 amide bonds. The Kier molecular flexibility index (Phi) is 10.3. The number of rotatable bonds is 5. The van der Waals surface area contributed by atoms with Gasteiger partial charge in [0.25, 0.3) is 11.6 Å². The van der Waals surface area contributed by atoms with Gasteiger partial charge < -0.3 is 9.64 Å². The molecule has 2 aliphatic rings. The monoisotopic (exact) mass is 380 g/mol. The first kappa shape index (κ1) is 24.6. The van der Waals surface area contributed by atoms with Gasteiger partial charge in [-0.2, -0.15) is 0 Å². The molecule has 0 aliphatic carbocycles. The van der Waals surface area contributed by atoms with E-state index in [1.807, 2.05) is 27.7 Å². The molecule has 2 fully saturated rings. The van der Waals surface area contributed by atoms with Gasteiger partial charge in [0.2, 0.25) is 0 Å². The Morgan fingerprint density at radius 1 is 1.22 bits per heavy atom. The van der Waals surface area contributed by atoms with Crippen molar-refractivity contribution in [3.8, 4) is 0 Å². The SMILES string of the molecule is C=C(/C(=C\C=C/C)C(=O)N1C2CCC1(C(=O)OC)CC2)[N+](=O)[O-].CC.CC. The van der Waals surface area contributed by atoms with E-state index in [0.717, 1.165) is 0 Å². The van der Waals surface area contributed by atoms with Crippen molar-refractivity contribution in [3.05, 3.63) is 46.2 Å². The zero-order chi connectivity index (χ0) is 21.2. The molecule has 2 bridgehead atoms. The number of nitro groups is 1. The fourth-order valence-corrected chi connectivity index (χ4v) is 3.49. The van der Waals surface area contributed by atoms with Crippen molar-refractivity contribution in [2.45, 2.75) is 71.9 Å². The Bertz CT molecular complexity index is 614. The van der Waals surface area contributed by atoms with E-state index in [2.05, 4.69) is 6.58 Å². The van der Waals surface area contributed by atoms with Crippen LogP contribution in [-0.4, -0.2) is 40.4 Å². The zero-order valence-electron chi connectivity index (χ0n) is 17.3. The highest BCUT2D eigenvalue weighted by Crippen LogP contribution is 2.48. The Morgan fingerprint density at radius 3 is 2.15 bits per heavy atom.